The lowest BCUT2D eigenvalue weighted by Crippen LogP contribution is -2.07. The summed E-state index contributed by atoms with van der Waals surface area (Å²) in [5, 5.41) is 7.30. The number of hydrogen-bond donors (Lipinski definition) is 2. The molecule has 0 bridgehead atoms. The average Bonchev–Trinajstić information content (AvgIpc) is 2.89. The summed E-state index contributed by atoms with van der Waals surface area (Å²) < 4.78 is 5.16. The zero-order valence-corrected chi connectivity index (χ0v) is 11.8. The smallest absolute Gasteiger partial charge is 0.255 e. The second kappa shape index (κ2) is 5.28. The van der Waals surface area contributed by atoms with Gasteiger partial charge in [-0.2, -0.15) is 5.10 Å². The molecule has 0 aliphatic heterocycles. The first-order valence-electron chi connectivity index (χ1n) is 6.58. The molecule has 0 amide bonds. The summed E-state index contributed by atoms with van der Waals surface area (Å²) in [4.78, 5) is 14.7. The Labute approximate surface area is 121 Å². The van der Waals surface area contributed by atoms with Gasteiger partial charge >= 0.3 is 0 Å². The Hall–Kier alpha value is -2.82. The van der Waals surface area contributed by atoms with Gasteiger partial charge < -0.3 is 9.72 Å². The van der Waals surface area contributed by atoms with Gasteiger partial charge in [-0.05, 0) is 43.3 Å². The number of nitrogens with one attached hydrogen (secondary N) is 2. The molecular formula is C16H15N3O2. The molecule has 1 aromatic carbocycles. The van der Waals surface area contributed by atoms with Crippen LogP contribution in [0, 0.1) is 6.92 Å². The summed E-state index contributed by atoms with van der Waals surface area (Å²) in [7, 11) is 1.63. The Balaban J connectivity index is 2.17. The fourth-order valence-corrected chi connectivity index (χ4v) is 2.33. The maximum Gasteiger partial charge on any atom is 0.255 e. The van der Waals surface area contributed by atoms with Crippen LogP contribution in [0.25, 0.3) is 22.4 Å². The van der Waals surface area contributed by atoms with E-state index in [0.29, 0.717) is 5.56 Å². The highest BCUT2D eigenvalue weighted by Gasteiger charge is 2.16. The molecule has 2 heterocycles. The van der Waals surface area contributed by atoms with Gasteiger partial charge in [0.15, 0.2) is 0 Å². The number of aromatic amines is 2. The second-order valence-corrected chi connectivity index (χ2v) is 4.71. The Bertz CT molecular complexity index is 816. The number of nitrogens with zero attached hydrogens (tertiary/aromatic N) is 1. The number of pyridine rings is 1. The summed E-state index contributed by atoms with van der Waals surface area (Å²) in [6.45, 7) is 1.90. The van der Waals surface area contributed by atoms with E-state index in [2.05, 4.69) is 15.2 Å². The van der Waals surface area contributed by atoms with Crippen LogP contribution in [-0.2, 0) is 0 Å². The van der Waals surface area contributed by atoms with Crippen molar-refractivity contribution in [2.75, 3.05) is 7.11 Å². The van der Waals surface area contributed by atoms with Crippen LogP contribution < -0.4 is 10.3 Å². The van der Waals surface area contributed by atoms with Crippen LogP contribution in [0.1, 0.15) is 5.69 Å². The molecule has 2 N–H and O–H groups in total. The molecule has 3 rings (SSSR count). The van der Waals surface area contributed by atoms with Crippen LogP contribution in [0.3, 0.4) is 0 Å². The maximum atomic E-state index is 12.0. The van der Waals surface area contributed by atoms with E-state index in [1.807, 2.05) is 31.2 Å². The predicted octanol–water partition coefficient (Wildman–Crippen LogP) is 2.75. The number of hydrogen-bond acceptors (Lipinski definition) is 3. The number of methoxy groups -OCH3 is 1. The fraction of sp³-hybridized carbons (Fsp3) is 0.125. The highest BCUT2D eigenvalue weighted by Crippen LogP contribution is 2.31. The quantitative estimate of drug-likeness (QED) is 0.775. The van der Waals surface area contributed by atoms with E-state index in [0.717, 1.165) is 28.3 Å². The van der Waals surface area contributed by atoms with Crippen molar-refractivity contribution in [2.24, 2.45) is 0 Å². The van der Waals surface area contributed by atoms with Crippen molar-refractivity contribution in [1.29, 1.82) is 0 Å². The Morgan fingerprint density at radius 3 is 2.57 bits per heavy atom. The van der Waals surface area contributed by atoms with Crippen molar-refractivity contribution in [3.63, 3.8) is 0 Å². The molecule has 0 spiro atoms. The SMILES string of the molecule is COc1ccc(-c2n[nH]c(C)c2-c2ccc[nH]c2=O)cc1. The highest BCUT2D eigenvalue weighted by atomic mass is 16.5. The largest absolute Gasteiger partial charge is 0.497 e. The zero-order chi connectivity index (χ0) is 14.8. The van der Waals surface area contributed by atoms with Crippen molar-refractivity contribution in [3.05, 3.63) is 58.6 Å². The van der Waals surface area contributed by atoms with E-state index >= 15 is 0 Å². The number of aromatic nitrogens is 3. The predicted molar refractivity (Wildman–Crippen MR) is 81.4 cm³/mol. The maximum absolute atomic E-state index is 12.0. The molecule has 3 aromatic rings. The van der Waals surface area contributed by atoms with Crippen molar-refractivity contribution in [1.82, 2.24) is 15.2 Å². The van der Waals surface area contributed by atoms with Gasteiger partial charge in [-0.3, -0.25) is 9.89 Å². The van der Waals surface area contributed by atoms with Crippen molar-refractivity contribution < 1.29 is 4.74 Å². The van der Waals surface area contributed by atoms with Crippen LogP contribution in [0.5, 0.6) is 5.75 Å². The Morgan fingerprint density at radius 2 is 1.90 bits per heavy atom. The van der Waals surface area contributed by atoms with Crippen LogP contribution in [-0.4, -0.2) is 22.3 Å². The topological polar surface area (TPSA) is 70.8 Å². The third-order valence-corrected chi connectivity index (χ3v) is 3.40. The van der Waals surface area contributed by atoms with Gasteiger partial charge in [0.05, 0.1) is 12.7 Å². The highest BCUT2D eigenvalue weighted by molar-refractivity contribution is 5.82. The lowest BCUT2D eigenvalue weighted by molar-refractivity contribution is 0.415. The molecule has 0 saturated carbocycles. The summed E-state index contributed by atoms with van der Waals surface area (Å²) in [5.74, 6) is 0.783. The molecule has 5 heteroatoms. The third kappa shape index (κ3) is 2.33. The zero-order valence-electron chi connectivity index (χ0n) is 11.8. The van der Waals surface area contributed by atoms with Crippen molar-refractivity contribution in [2.45, 2.75) is 6.92 Å². The molecule has 2 aromatic heterocycles. The third-order valence-electron chi connectivity index (χ3n) is 3.40. The first kappa shape index (κ1) is 13.2. The molecule has 0 aliphatic rings. The molecular weight excluding hydrogens is 266 g/mol. The second-order valence-electron chi connectivity index (χ2n) is 4.71. The van der Waals surface area contributed by atoms with Crippen molar-refractivity contribution >= 4 is 0 Å². The number of aryl methyl sites for hydroxylation is 1. The number of ether oxygens (including phenoxy) is 1. The molecule has 0 radical (unpaired) electrons. The summed E-state index contributed by atoms with van der Waals surface area (Å²) in [6, 6.07) is 11.2. The Morgan fingerprint density at radius 1 is 1.14 bits per heavy atom. The first-order valence-corrected chi connectivity index (χ1v) is 6.58. The van der Waals surface area contributed by atoms with Crippen LogP contribution in [0.4, 0.5) is 0 Å². The number of benzene rings is 1. The van der Waals surface area contributed by atoms with E-state index in [9.17, 15) is 4.79 Å². The van der Waals surface area contributed by atoms with Gasteiger partial charge in [-0.15, -0.1) is 0 Å². The van der Waals surface area contributed by atoms with Gasteiger partial charge in [0, 0.05) is 23.0 Å². The van der Waals surface area contributed by atoms with Gasteiger partial charge in [-0.1, -0.05) is 0 Å². The fourth-order valence-electron chi connectivity index (χ4n) is 2.33. The lowest BCUT2D eigenvalue weighted by Gasteiger charge is -2.05. The molecule has 5 nitrogen and oxygen atoms in total. The molecule has 21 heavy (non-hydrogen) atoms. The monoisotopic (exact) mass is 281 g/mol. The number of rotatable bonds is 3. The number of H-pyrrole nitrogens is 2. The summed E-state index contributed by atoms with van der Waals surface area (Å²) in [5.41, 5.74) is 3.84. The van der Waals surface area contributed by atoms with E-state index < -0.39 is 0 Å². The average molecular weight is 281 g/mol. The lowest BCUT2D eigenvalue weighted by atomic mass is 10.0. The van der Waals surface area contributed by atoms with Crippen molar-refractivity contribution in [3.8, 4) is 28.1 Å². The minimum absolute atomic E-state index is 0.128. The molecule has 0 atom stereocenters. The standard InChI is InChI=1S/C16H15N3O2/c1-10-14(13-4-3-9-17-16(13)20)15(19-18-10)11-5-7-12(21-2)8-6-11/h3-9H,1-2H3,(H,17,20)(H,18,19). The van der Waals surface area contributed by atoms with Gasteiger partial charge in [-0.25, -0.2) is 0 Å². The van der Waals surface area contributed by atoms with Gasteiger partial charge in [0.1, 0.15) is 11.4 Å². The van der Waals surface area contributed by atoms with Crippen LogP contribution >= 0.6 is 0 Å². The molecule has 0 unspecified atom stereocenters. The molecule has 0 aliphatic carbocycles. The van der Waals surface area contributed by atoms with Crippen LogP contribution in [0.2, 0.25) is 0 Å². The molecule has 106 valence electrons. The van der Waals surface area contributed by atoms with Crippen LogP contribution in [0.15, 0.2) is 47.4 Å². The normalized spacial score (nSPS) is 10.6. The van der Waals surface area contributed by atoms with Gasteiger partial charge in [0.2, 0.25) is 0 Å². The summed E-state index contributed by atoms with van der Waals surface area (Å²) >= 11 is 0. The summed E-state index contributed by atoms with van der Waals surface area (Å²) in [6.07, 6.45) is 1.62. The first-order chi connectivity index (χ1) is 10.2. The minimum atomic E-state index is -0.128. The molecule has 0 fully saturated rings. The minimum Gasteiger partial charge on any atom is -0.497 e. The van der Waals surface area contributed by atoms with E-state index in [4.69, 9.17) is 4.74 Å². The molecule has 0 saturated heterocycles. The Kier molecular flexibility index (Phi) is 3.31. The van der Waals surface area contributed by atoms with E-state index in [-0.39, 0.29) is 5.56 Å². The van der Waals surface area contributed by atoms with Gasteiger partial charge in [0.25, 0.3) is 5.56 Å². The van der Waals surface area contributed by atoms with E-state index in [1.165, 1.54) is 0 Å². The van der Waals surface area contributed by atoms with E-state index in [1.54, 1.807) is 25.4 Å².